The van der Waals surface area contributed by atoms with Crippen LogP contribution in [0.25, 0.3) is 10.6 Å². The van der Waals surface area contributed by atoms with Crippen molar-refractivity contribution in [3.63, 3.8) is 0 Å². The fraction of sp³-hybridized carbons (Fsp3) is 0.440. The van der Waals surface area contributed by atoms with E-state index in [1.807, 2.05) is 18.7 Å². The number of anilines is 2. The molecule has 0 radical (unpaired) electrons. The molecule has 5 rings (SSSR count). The molecule has 0 spiro atoms. The lowest BCUT2D eigenvalue weighted by molar-refractivity contribution is -0.139. The molecule has 3 aromatic heterocycles. The summed E-state index contributed by atoms with van der Waals surface area (Å²) in [7, 11) is 1.58. The van der Waals surface area contributed by atoms with E-state index in [9.17, 15) is 14.4 Å². The first-order chi connectivity index (χ1) is 19.2. The van der Waals surface area contributed by atoms with Crippen LogP contribution >= 0.6 is 11.3 Å². The van der Waals surface area contributed by atoms with Crippen molar-refractivity contribution in [3.05, 3.63) is 35.3 Å². The van der Waals surface area contributed by atoms with E-state index in [2.05, 4.69) is 30.4 Å². The lowest BCUT2D eigenvalue weighted by atomic mass is 10.1. The Balaban J connectivity index is 1.27. The first-order valence-corrected chi connectivity index (χ1v) is 13.7. The Hall–Kier alpha value is -4.40. The van der Waals surface area contributed by atoms with Crippen molar-refractivity contribution < 1.29 is 18.9 Å². The maximum absolute atomic E-state index is 13.5. The third-order valence-electron chi connectivity index (χ3n) is 6.92. The number of thiazole rings is 1. The summed E-state index contributed by atoms with van der Waals surface area (Å²) in [6.45, 7) is 9.06. The number of carbonyl (C=O) groups is 3. The van der Waals surface area contributed by atoms with Gasteiger partial charge in [0, 0.05) is 49.5 Å². The first-order valence-electron chi connectivity index (χ1n) is 12.9. The van der Waals surface area contributed by atoms with Crippen molar-refractivity contribution in [1.29, 1.82) is 0 Å². The van der Waals surface area contributed by atoms with Gasteiger partial charge in [-0.2, -0.15) is 0 Å². The molecule has 0 aliphatic carbocycles. The number of rotatable bonds is 9. The maximum atomic E-state index is 13.5. The number of aromatic nitrogens is 4. The largest absolute Gasteiger partial charge is 0.361 e. The number of amides is 4. The van der Waals surface area contributed by atoms with Crippen LogP contribution in [0.5, 0.6) is 0 Å². The predicted octanol–water partition coefficient (Wildman–Crippen LogP) is 2.20. The Morgan fingerprint density at radius 2 is 1.95 bits per heavy atom. The lowest BCUT2D eigenvalue weighted by Crippen LogP contribution is -2.66. The van der Waals surface area contributed by atoms with Crippen LogP contribution < -0.4 is 10.2 Å². The number of urea groups is 1. The van der Waals surface area contributed by atoms with Gasteiger partial charge in [0.1, 0.15) is 28.3 Å². The number of aryl methyl sites for hydroxylation is 1. The Bertz CT molecular complexity index is 1430. The molecule has 3 atom stereocenters. The summed E-state index contributed by atoms with van der Waals surface area (Å²) in [5.41, 5.74) is 1.20. The molecule has 0 aromatic carbocycles. The zero-order valence-electron chi connectivity index (χ0n) is 22.8. The van der Waals surface area contributed by atoms with Crippen molar-refractivity contribution in [1.82, 2.24) is 34.8 Å². The van der Waals surface area contributed by atoms with Crippen molar-refractivity contribution >= 4 is 47.3 Å². The number of nitrogens with zero attached hydrogens (tertiary/aromatic N) is 9. The van der Waals surface area contributed by atoms with E-state index in [0.29, 0.717) is 28.2 Å². The van der Waals surface area contributed by atoms with Crippen molar-refractivity contribution in [2.45, 2.75) is 52.5 Å². The third-order valence-corrected chi connectivity index (χ3v) is 7.81. The standard InChI is InChI=1S/C25H30N10O4S/c1-6-33(7-2)24-26-9-16(10-27-24)22-30-18(12-40-22)29-21(36)15(4)35-13-28-20-19(35)23(37)34(25(38)32(20)5)11-17-8-14(3)39-31-17/h8-10,12-13,15,19-20H,6-7,11H2,1-5H3,(H,29,36)/t15-,19?,20?/m0/s1. The number of hydrogen-bond acceptors (Lipinski definition) is 12. The Morgan fingerprint density at radius 1 is 1.23 bits per heavy atom. The number of hydrogen-bond donors (Lipinski definition) is 1. The van der Waals surface area contributed by atoms with Gasteiger partial charge in [-0.3, -0.25) is 14.5 Å². The number of carbonyl (C=O) groups excluding carboxylic acids is 3. The molecule has 2 aliphatic heterocycles. The Kier molecular flexibility index (Phi) is 7.47. The highest BCUT2D eigenvalue weighted by molar-refractivity contribution is 7.13. The summed E-state index contributed by atoms with van der Waals surface area (Å²) in [5.74, 6) is 0.766. The minimum Gasteiger partial charge on any atom is -0.361 e. The number of fused-ring (bicyclic) bond motifs is 1. The van der Waals surface area contributed by atoms with Crippen molar-refractivity contribution in [2.75, 3.05) is 30.4 Å². The van der Waals surface area contributed by atoms with Gasteiger partial charge in [-0.25, -0.2) is 24.7 Å². The van der Waals surface area contributed by atoms with Crippen LogP contribution in [0.15, 0.2) is 33.4 Å². The minimum atomic E-state index is -0.857. The van der Waals surface area contributed by atoms with Crippen molar-refractivity contribution in [3.8, 4) is 10.6 Å². The molecule has 40 heavy (non-hydrogen) atoms. The third kappa shape index (κ3) is 4.99. The van der Waals surface area contributed by atoms with Crippen LogP contribution in [0, 0.1) is 6.92 Å². The zero-order chi connectivity index (χ0) is 28.6. The van der Waals surface area contributed by atoms with E-state index >= 15 is 0 Å². The fourth-order valence-electron chi connectivity index (χ4n) is 4.65. The molecular weight excluding hydrogens is 536 g/mol. The van der Waals surface area contributed by atoms with E-state index < -0.39 is 30.2 Å². The molecule has 5 heterocycles. The molecule has 0 bridgehead atoms. The number of likely N-dealkylation sites (N-methyl/N-ethyl adjacent to an activating group) is 1. The Labute approximate surface area is 234 Å². The molecule has 14 nitrogen and oxygen atoms in total. The molecule has 4 amide bonds. The minimum absolute atomic E-state index is 0.0435. The molecule has 0 saturated carbocycles. The number of aliphatic imine (C=N–C) groups is 1. The van der Waals surface area contributed by atoms with Gasteiger partial charge in [0.2, 0.25) is 11.9 Å². The van der Waals surface area contributed by atoms with Gasteiger partial charge in [0.15, 0.2) is 12.2 Å². The van der Waals surface area contributed by atoms with Gasteiger partial charge in [-0.15, -0.1) is 11.3 Å². The molecule has 2 unspecified atom stereocenters. The smallest absolute Gasteiger partial charge is 0.328 e. The van der Waals surface area contributed by atoms with Crippen LogP contribution in [0.1, 0.15) is 32.2 Å². The van der Waals surface area contributed by atoms with Gasteiger partial charge >= 0.3 is 6.03 Å². The normalized spacial score (nSPS) is 19.3. The highest BCUT2D eigenvalue weighted by Crippen LogP contribution is 2.29. The number of nitrogens with one attached hydrogen (secondary N) is 1. The van der Waals surface area contributed by atoms with Crippen LogP contribution in [-0.4, -0.2) is 97.4 Å². The maximum Gasteiger partial charge on any atom is 0.328 e. The van der Waals surface area contributed by atoms with Crippen LogP contribution in [0.2, 0.25) is 0 Å². The van der Waals surface area contributed by atoms with Gasteiger partial charge in [0.05, 0.1) is 12.9 Å². The van der Waals surface area contributed by atoms with Crippen LogP contribution in [-0.2, 0) is 16.1 Å². The Morgan fingerprint density at radius 3 is 2.60 bits per heavy atom. The second-order valence-electron chi connectivity index (χ2n) is 9.46. The van der Waals surface area contributed by atoms with E-state index in [0.717, 1.165) is 23.6 Å². The molecule has 1 N–H and O–H groups in total. The molecular formula is C25H30N10O4S. The van der Waals surface area contributed by atoms with Crippen molar-refractivity contribution in [2.24, 2.45) is 4.99 Å². The lowest BCUT2D eigenvalue weighted by Gasteiger charge is -2.42. The second kappa shape index (κ2) is 11.0. The second-order valence-corrected chi connectivity index (χ2v) is 10.3. The topological polar surface area (TPSA) is 153 Å². The summed E-state index contributed by atoms with van der Waals surface area (Å²) in [5, 5.41) is 9.12. The van der Waals surface area contributed by atoms with Crippen LogP contribution in [0.4, 0.5) is 16.6 Å². The summed E-state index contributed by atoms with van der Waals surface area (Å²) in [4.78, 5) is 63.5. The summed E-state index contributed by atoms with van der Waals surface area (Å²) >= 11 is 1.36. The summed E-state index contributed by atoms with van der Waals surface area (Å²) in [6.07, 6.45) is 4.14. The van der Waals surface area contributed by atoms with E-state index in [1.165, 1.54) is 22.6 Å². The molecule has 1 saturated heterocycles. The zero-order valence-corrected chi connectivity index (χ0v) is 23.6. The molecule has 210 valence electrons. The first kappa shape index (κ1) is 27.2. The predicted molar refractivity (Wildman–Crippen MR) is 148 cm³/mol. The SMILES string of the molecule is CCN(CC)c1ncc(-c2nc(NC(=O)[C@H](C)N3C=NC4C3C(=O)N(Cc3cc(C)on3)C(=O)N4C)cs2)cn1. The highest BCUT2D eigenvalue weighted by Gasteiger charge is 2.51. The summed E-state index contributed by atoms with van der Waals surface area (Å²) in [6, 6.07) is -0.461. The van der Waals surface area contributed by atoms with Gasteiger partial charge in [-0.1, -0.05) is 5.16 Å². The monoisotopic (exact) mass is 566 g/mol. The average molecular weight is 567 g/mol. The average Bonchev–Trinajstić information content (AvgIpc) is 3.70. The fourth-order valence-corrected chi connectivity index (χ4v) is 5.38. The molecule has 15 heteroatoms. The number of imide groups is 1. The van der Waals surface area contributed by atoms with Crippen LogP contribution in [0.3, 0.4) is 0 Å². The molecule has 3 aromatic rings. The quantitative estimate of drug-likeness (QED) is 0.408. The van der Waals surface area contributed by atoms with E-state index in [-0.39, 0.29) is 12.5 Å². The molecule has 2 aliphatic rings. The van der Waals surface area contributed by atoms with Gasteiger partial charge in [0.25, 0.3) is 5.91 Å². The van der Waals surface area contributed by atoms with Gasteiger partial charge < -0.3 is 24.5 Å². The highest BCUT2D eigenvalue weighted by atomic mass is 32.1. The van der Waals surface area contributed by atoms with E-state index in [4.69, 9.17) is 4.52 Å². The summed E-state index contributed by atoms with van der Waals surface area (Å²) < 4.78 is 5.08. The van der Waals surface area contributed by atoms with E-state index in [1.54, 1.807) is 49.6 Å². The molecule has 1 fully saturated rings. The van der Waals surface area contributed by atoms with Gasteiger partial charge in [-0.05, 0) is 27.7 Å².